The second kappa shape index (κ2) is 4.45. The van der Waals surface area contributed by atoms with Crippen LogP contribution in [0.2, 0.25) is 0 Å². The van der Waals surface area contributed by atoms with Crippen molar-refractivity contribution in [1.82, 2.24) is 5.32 Å². The zero-order valence-corrected chi connectivity index (χ0v) is 7.68. The maximum Gasteiger partial charge on any atom is 0.220 e. The zero-order chi connectivity index (χ0) is 8.97. The summed E-state index contributed by atoms with van der Waals surface area (Å²) in [6.07, 6.45) is 2.89. The van der Waals surface area contributed by atoms with E-state index in [1.54, 1.807) is 0 Å². The van der Waals surface area contributed by atoms with Crippen molar-refractivity contribution in [2.24, 2.45) is 17.6 Å². The highest BCUT2D eigenvalue weighted by Crippen LogP contribution is 2.24. The van der Waals surface area contributed by atoms with Gasteiger partial charge in [0.1, 0.15) is 0 Å². The fourth-order valence-corrected chi connectivity index (χ4v) is 1.95. The van der Waals surface area contributed by atoms with E-state index < -0.39 is 0 Å². The van der Waals surface area contributed by atoms with E-state index in [1.807, 2.05) is 0 Å². The van der Waals surface area contributed by atoms with Gasteiger partial charge in [0.05, 0.1) is 0 Å². The van der Waals surface area contributed by atoms with Crippen LogP contribution in [-0.2, 0) is 4.79 Å². The summed E-state index contributed by atoms with van der Waals surface area (Å²) in [5.74, 6) is 1.37. The molecule has 70 valence electrons. The standard InChI is InChI=1S/C9H18N2O/c1-2-7(3-4-10)8-5-9(12)11-6-8/h7-8H,2-6,10H2,1H3,(H,11,12). The van der Waals surface area contributed by atoms with Crippen LogP contribution in [0.15, 0.2) is 0 Å². The minimum Gasteiger partial charge on any atom is -0.356 e. The van der Waals surface area contributed by atoms with Crippen LogP contribution >= 0.6 is 0 Å². The number of nitrogens with one attached hydrogen (secondary N) is 1. The first-order chi connectivity index (χ1) is 5.77. The summed E-state index contributed by atoms with van der Waals surface area (Å²) in [6, 6.07) is 0. The van der Waals surface area contributed by atoms with Crippen molar-refractivity contribution >= 4 is 5.91 Å². The van der Waals surface area contributed by atoms with E-state index in [0.717, 1.165) is 25.9 Å². The second-order valence-electron chi connectivity index (χ2n) is 3.51. The first kappa shape index (κ1) is 9.52. The molecule has 3 nitrogen and oxygen atoms in total. The van der Waals surface area contributed by atoms with Crippen molar-refractivity contribution in [2.45, 2.75) is 26.2 Å². The number of hydrogen-bond acceptors (Lipinski definition) is 2. The van der Waals surface area contributed by atoms with Crippen molar-refractivity contribution in [1.29, 1.82) is 0 Å². The van der Waals surface area contributed by atoms with Gasteiger partial charge in [-0.25, -0.2) is 0 Å². The molecular weight excluding hydrogens is 152 g/mol. The summed E-state index contributed by atoms with van der Waals surface area (Å²) >= 11 is 0. The lowest BCUT2D eigenvalue weighted by molar-refractivity contribution is -0.119. The van der Waals surface area contributed by atoms with E-state index in [1.165, 1.54) is 0 Å². The monoisotopic (exact) mass is 170 g/mol. The molecule has 1 aliphatic heterocycles. The van der Waals surface area contributed by atoms with Crippen LogP contribution in [0.4, 0.5) is 0 Å². The molecule has 0 aromatic heterocycles. The lowest BCUT2D eigenvalue weighted by Crippen LogP contribution is -2.20. The van der Waals surface area contributed by atoms with Gasteiger partial charge in [-0.15, -0.1) is 0 Å². The lowest BCUT2D eigenvalue weighted by atomic mass is 9.87. The van der Waals surface area contributed by atoms with E-state index in [2.05, 4.69) is 12.2 Å². The van der Waals surface area contributed by atoms with Crippen molar-refractivity contribution in [3.05, 3.63) is 0 Å². The first-order valence-corrected chi connectivity index (χ1v) is 4.74. The number of nitrogens with two attached hydrogens (primary N) is 1. The third-order valence-corrected chi connectivity index (χ3v) is 2.74. The molecule has 0 radical (unpaired) electrons. The topological polar surface area (TPSA) is 55.1 Å². The largest absolute Gasteiger partial charge is 0.356 e. The van der Waals surface area contributed by atoms with Gasteiger partial charge in [-0.1, -0.05) is 13.3 Å². The Bertz CT molecular complexity index is 159. The van der Waals surface area contributed by atoms with E-state index >= 15 is 0 Å². The maximum atomic E-state index is 10.9. The van der Waals surface area contributed by atoms with Crippen LogP contribution in [0, 0.1) is 11.8 Å². The average Bonchev–Trinajstić information content (AvgIpc) is 2.47. The smallest absolute Gasteiger partial charge is 0.220 e. The summed E-state index contributed by atoms with van der Waals surface area (Å²) < 4.78 is 0. The Morgan fingerprint density at radius 3 is 2.92 bits per heavy atom. The van der Waals surface area contributed by atoms with E-state index in [-0.39, 0.29) is 5.91 Å². The van der Waals surface area contributed by atoms with Gasteiger partial charge in [0.2, 0.25) is 5.91 Å². The number of carbonyl (C=O) groups is 1. The normalized spacial score (nSPS) is 25.5. The van der Waals surface area contributed by atoms with Gasteiger partial charge in [-0.3, -0.25) is 4.79 Å². The summed E-state index contributed by atoms with van der Waals surface area (Å²) in [5.41, 5.74) is 5.50. The van der Waals surface area contributed by atoms with Crippen LogP contribution in [0.25, 0.3) is 0 Å². The summed E-state index contributed by atoms with van der Waals surface area (Å²) in [5, 5.41) is 2.86. The number of hydrogen-bond donors (Lipinski definition) is 2. The second-order valence-corrected chi connectivity index (χ2v) is 3.51. The predicted octanol–water partition coefficient (Wildman–Crippen LogP) is 0.497. The molecule has 1 fully saturated rings. The zero-order valence-electron chi connectivity index (χ0n) is 7.68. The minimum atomic E-state index is 0.204. The quantitative estimate of drug-likeness (QED) is 0.645. The SMILES string of the molecule is CCC(CCN)C1CNC(=O)C1. The molecule has 0 saturated carbocycles. The molecule has 1 aliphatic rings. The van der Waals surface area contributed by atoms with Gasteiger partial charge >= 0.3 is 0 Å². The fourth-order valence-electron chi connectivity index (χ4n) is 1.95. The lowest BCUT2D eigenvalue weighted by Gasteiger charge is -2.19. The molecule has 0 spiro atoms. The Morgan fingerprint density at radius 2 is 2.50 bits per heavy atom. The Labute approximate surface area is 73.7 Å². The molecule has 2 atom stereocenters. The minimum absolute atomic E-state index is 0.204. The summed E-state index contributed by atoms with van der Waals surface area (Å²) in [7, 11) is 0. The van der Waals surface area contributed by atoms with Crippen LogP contribution in [-0.4, -0.2) is 19.0 Å². The van der Waals surface area contributed by atoms with Gasteiger partial charge in [0.15, 0.2) is 0 Å². The van der Waals surface area contributed by atoms with Gasteiger partial charge in [0.25, 0.3) is 0 Å². The number of rotatable bonds is 4. The predicted molar refractivity (Wildman–Crippen MR) is 48.6 cm³/mol. The molecule has 0 aromatic rings. The highest BCUT2D eigenvalue weighted by atomic mass is 16.1. The molecule has 1 amide bonds. The summed E-state index contributed by atoms with van der Waals surface area (Å²) in [4.78, 5) is 10.9. The maximum absolute atomic E-state index is 10.9. The van der Waals surface area contributed by atoms with Gasteiger partial charge in [-0.05, 0) is 24.8 Å². The Balaban J connectivity index is 2.38. The fraction of sp³-hybridized carbons (Fsp3) is 0.889. The van der Waals surface area contributed by atoms with Crippen molar-refractivity contribution in [3.63, 3.8) is 0 Å². The van der Waals surface area contributed by atoms with E-state index in [9.17, 15) is 4.79 Å². The average molecular weight is 170 g/mol. The Hall–Kier alpha value is -0.570. The Kier molecular flexibility index (Phi) is 3.53. The first-order valence-electron chi connectivity index (χ1n) is 4.74. The molecule has 0 bridgehead atoms. The van der Waals surface area contributed by atoms with Crippen LogP contribution in [0.3, 0.4) is 0 Å². The molecule has 1 rings (SSSR count). The van der Waals surface area contributed by atoms with E-state index in [4.69, 9.17) is 5.73 Å². The third kappa shape index (κ3) is 2.21. The molecule has 1 saturated heterocycles. The van der Waals surface area contributed by atoms with Gasteiger partial charge in [-0.2, -0.15) is 0 Å². The Morgan fingerprint density at radius 1 is 1.75 bits per heavy atom. The summed E-state index contributed by atoms with van der Waals surface area (Å²) in [6.45, 7) is 3.77. The molecule has 3 N–H and O–H groups in total. The van der Waals surface area contributed by atoms with Gasteiger partial charge in [0, 0.05) is 13.0 Å². The van der Waals surface area contributed by atoms with Crippen molar-refractivity contribution in [3.8, 4) is 0 Å². The highest BCUT2D eigenvalue weighted by molar-refractivity contribution is 5.78. The molecule has 3 heteroatoms. The van der Waals surface area contributed by atoms with Crippen molar-refractivity contribution in [2.75, 3.05) is 13.1 Å². The molecule has 0 aromatic carbocycles. The van der Waals surface area contributed by atoms with Crippen LogP contribution in [0.5, 0.6) is 0 Å². The third-order valence-electron chi connectivity index (χ3n) is 2.74. The molecular formula is C9H18N2O. The number of carbonyl (C=O) groups excluding carboxylic acids is 1. The molecule has 0 aliphatic carbocycles. The molecule has 2 unspecified atom stereocenters. The van der Waals surface area contributed by atoms with Gasteiger partial charge < -0.3 is 11.1 Å². The van der Waals surface area contributed by atoms with Crippen LogP contribution in [0.1, 0.15) is 26.2 Å². The molecule has 12 heavy (non-hydrogen) atoms. The molecule has 1 heterocycles. The van der Waals surface area contributed by atoms with E-state index in [0.29, 0.717) is 18.3 Å². The highest BCUT2D eigenvalue weighted by Gasteiger charge is 2.27. The number of amides is 1. The van der Waals surface area contributed by atoms with Crippen molar-refractivity contribution < 1.29 is 4.79 Å². The van der Waals surface area contributed by atoms with Crippen LogP contribution < -0.4 is 11.1 Å².